The van der Waals surface area contributed by atoms with Gasteiger partial charge >= 0.3 is 0 Å². The second-order valence-electron chi connectivity index (χ2n) is 8.23. The fourth-order valence-electron chi connectivity index (χ4n) is 4.51. The van der Waals surface area contributed by atoms with Crippen LogP contribution in [0.3, 0.4) is 0 Å². The number of halogens is 1. The molecule has 3 aromatic carbocycles. The standard InChI is InChI=1S/C28H20BrN3O2/c29-21-15-30-31(17-21)18-23-25-27(34-26(23)20-11-5-2-6-12-20)22-13-7-8-14-24(22)32(28(25)33)16-19-9-3-1-4-10-19/h1-15,17H,16,18H2. The van der Waals surface area contributed by atoms with Crippen LogP contribution in [0.1, 0.15) is 11.1 Å². The Morgan fingerprint density at radius 1 is 0.853 bits per heavy atom. The van der Waals surface area contributed by atoms with Crippen molar-refractivity contribution in [2.45, 2.75) is 13.1 Å². The zero-order valence-electron chi connectivity index (χ0n) is 18.2. The molecule has 34 heavy (non-hydrogen) atoms. The van der Waals surface area contributed by atoms with Crippen molar-refractivity contribution < 1.29 is 4.42 Å². The van der Waals surface area contributed by atoms with E-state index in [2.05, 4.69) is 21.0 Å². The summed E-state index contributed by atoms with van der Waals surface area (Å²) in [6, 6.07) is 27.9. The molecule has 0 N–H and O–H groups in total. The van der Waals surface area contributed by atoms with Gasteiger partial charge in [0.1, 0.15) is 11.3 Å². The van der Waals surface area contributed by atoms with Crippen LogP contribution in [-0.4, -0.2) is 14.3 Å². The normalized spacial score (nSPS) is 11.4. The van der Waals surface area contributed by atoms with Crippen molar-refractivity contribution in [3.8, 4) is 11.3 Å². The summed E-state index contributed by atoms with van der Waals surface area (Å²) in [6.45, 7) is 0.899. The highest BCUT2D eigenvalue weighted by atomic mass is 79.9. The molecule has 0 spiro atoms. The molecule has 0 bridgehead atoms. The van der Waals surface area contributed by atoms with Gasteiger partial charge in [-0.1, -0.05) is 72.8 Å². The van der Waals surface area contributed by atoms with Gasteiger partial charge in [-0.25, -0.2) is 0 Å². The third-order valence-corrected chi connectivity index (χ3v) is 6.46. The molecular weight excluding hydrogens is 490 g/mol. The lowest BCUT2D eigenvalue weighted by molar-refractivity contribution is 0.618. The van der Waals surface area contributed by atoms with E-state index in [4.69, 9.17) is 4.42 Å². The van der Waals surface area contributed by atoms with Gasteiger partial charge in [0, 0.05) is 22.7 Å². The van der Waals surface area contributed by atoms with Gasteiger partial charge in [0.2, 0.25) is 0 Å². The van der Waals surface area contributed by atoms with E-state index < -0.39 is 0 Å². The molecule has 6 heteroatoms. The number of aromatic nitrogens is 3. The molecule has 0 amide bonds. The van der Waals surface area contributed by atoms with Crippen molar-refractivity contribution in [2.75, 3.05) is 0 Å². The van der Waals surface area contributed by atoms with E-state index in [-0.39, 0.29) is 5.56 Å². The average Bonchev–Trinajstić information content (AvgIpc) is 3.47. The second kappa shape index (κ2) is 8.47. The van der Waals surface area contributed by atoms with Gasteiger partial charge in [-0.05, 0) is 33.6 Å². The van der Waals surface area contributed by atoms with E-state index in [1.807, 2.05) is 100 Å². The van der Waals surface area contributed by atoms with Crippen LogP contribution < -0.4 is 5.56 Å². The highest BCUT2D eigenvalue weighted by molar-refractivity contribution is 9.10. The second-order valence-corrected chi connectivity index (χ2v) is 9.15. The Balaban J connectivity index is 1.68. The third-order valence-electron chi connectivity index (χ3n) is 6.05. The monoisotopic (exact) mass is 509 g/mol. The highest BCUT2D eigenvalue weighted by Gasteiger charge is 2.23. The Morgan fingerprint density at radius 3 is 2.29 bits per heavy atom. The van der Waals surface area contributed by atoms with Gasteiger partial charge in [0.05, 0.1) is 34.7 Å². The summed E-state index contributed by atoms with van der Waals surface area (Å²) in [5, 5.41) is 5.95. The Morgan fingerprint density at radius 2 is 1.56 bits per heavy atom. The number of pyridine rings is 1. The molecule has 0 aliphatic carbocycles. The molecule has 6 rings (SSSR count). The largest absolute Gasteiger partial charge is 0.455 e. The predicted molar refractivity (Wildman–Crippen MR) is 138 cm³/mol. The van der Waals surface area contributed by atoms with Crippen LogP contribution in [0.25, 0.3) is 33.2 Å². The first-order chi connectivity index (χ1) is 16.7. The summed E-state index contributed by atoms with van der Waals surface area (Å²) in [5.74, 6) is 0.696. The van der Waals surface area contributed by atoms with E-state index in [0.29, 0.717) is 29.8 Å². The SMILES string of the molecule is O=c1c2c(Cn3cc(Br)cn3)c(-c3ccccc3)oc2c2ccccc2n1Cc1ccccc1. The van der Waals surface area contributed by atoms with E-state index in [1.54, 1.807) is 6.20 Å². The number of furan rings is 1. The molecule has 166 valence electrons. The fourth-order valence-corrected chi connectivity index (χ4v) is 4.84. The number of benzene rings is 3. The van der Waals surface area contributed by atoms with Gasteiger partial charge in [0.15, 0.2) is 0 Å². The summed E-state index contributed by atoms with van der Waals surface area (Å²) < 4.78 is 11.0. The van der Waals surface area contributed by atoms with Crippen LogP contribution in [-0.2, 0) is 13.1 Å². The van der Waals surface area contributed by atoms with Gasteiger partial charge in [-0.15, -0.1) is 0 Å². The maximum atomic E-state index is 14.1. The lowest BCUT2D eigenvalue weighted by Gasteiger charge is -2.12. The molecule has 3 aromatic heterocycles. The summed E-state index contributed by atoms with van der Waals surface area (Å²) in [6.07, 6.45) is 3.64. The molecule has 0 atom stereocenters. The summed E-state index contributed by atoms with van der Waals surface area (Å²) in [5.41, 5.74) is 4.23. The predicted octanol–water partition coefficient (Wildman–Crippen LogP) is 6.47. The number of para-hydroxylation sites is 1. The fraction of sp³-hybridized carbons (Fsp3) is 0.0714. The van der Waals surface area contributed by atoms with E-state index in [1.165, 1.54) is 0 Å². The molecule has 0 saturated heterocycles. The Bertz CT molecular complexity index is 1680. The molecule has 6 aromatic rings. The summed E-state index contributed by atoms with van der Waals surface area (Å²) in [7, 11) is 0. The smallest absolute Gasteiger partial charge is 0.262 e. The summed E-state index contributed by atoms with van der Waals surface area (Å²) >= 11 is 3.47. The third kappa shape index (κ3) is 3.56. The first-order valence-electron chi connectivity index (χ1n) is 11.0. The van der Waals surface area contributed by atoms with Gasteiger partial charge in [-0.3, -0.25) is 9.48 Å². The molecule has 0 unspecified atom stereocenters. The topological polar surface area (TPSA) is 53.0 Å². The van der Waals surface area contributed by atoms with Crippen molar-refractivity contribution >= 4 is 37.8 Å². The summed E-state index contributed by atoms with van der Waals surface area (Å²) in [4.78, 5) is 14.1. The van der Waals surface area contributed by atoms with Crippen LogP contribution in [0.2, 0.25) is 0 Å². The minimum absolute atomic E-state index is 0.0651. The van der Waals surface area contributed by atoms with Crippen molar-refractivity contribution in [3.63, 3.8) is 0 Å². The number of nitrogens with zero attached hydrogens (tertiary/aromatic N) is 3. The minimum atomic E-state index is -0.0651. The van der Waals surface area contributed by atoms with Crippen LogP contribution in [0.15, 0.2) is 111 Å². The first-order valence-corrected chi connectivity index (χ1v) is 11.8. The van der Waals surface area contributed by atoms with Crippen LogP contribution >= 0.6 is 15.9 Å². The molecule has 3 heterocycles. The van der Waals surface area contributed by atoms with Crippen molar-refractivity contribution in [3.05, 3.63) is 123 Å². The van der Waals surface area contributed by atoms with Gasteiger partial charge in [0.25, 0.3) is 5.56 Å². The molecule has 0 radical (unpaired) electrons. The Kier molecular flexibility index (Phi) is 5.15. The van der Waals surface area contributed by atoms with Crippen molar-refractivity contribution in [2.24, 2.45) is 0 Å². The lowest BCUT2D eigenvalue weighted by atomic mass is 10.0. The van der Waals surface area contributed by atoms with Crippen LogP contribution in [0.5, 0.6) is 0 Å². The zero-order valence-corrected chi connectivity index (χ0v) is 19.8. The molecular formula is C28H20BrN3O2. The number of hydrogen-bond acceptors (Lipinski definition) is 3. The molecule has 0 aliphatic rings. The van der Waals surface area contributed by atoms with Crippen LogP contribution in [0, 0.1) is 0 Å². The number of fused-ring (bicyclic) bond motifs is 3. The van der Waals surface area contributed by atoms with Crippen molar-refractivity contribution in [1.29, 1.82) is 0 Å². The van der Waals surface area contributed by atoms with Crippen molar-refractivity contribution in [1.82, 2.24) is 14.3 Å². The molecule has 5 nitrogen and oxygen atoms in total. The van der Waals surface area contributed by atoms with Crippen LogP contribution in [0.4, 0.5) is 0 Å². The van der Waals surface area contributed by atoms with E-state index in [9.17, 15) is 4.79 Å². The van der Waals surface area contributed by atoms with E-state index >= 15 is 0 Å². The van der Waals surface area contributed by atoms with E-state index in [0.717, 1.165) is 32.1 Å². The lowest BCUT2D eigenvalue weighted by Crippen LogP contribution is -2.22. The van der Waals surface area contributed by atoms with Gasteiger partial charge in [-0.2, -0.15) is 5.10 Å². The molecule has 0 aliphatic heterocycles. The maximum Gasteiger partial charge on any atom is 0.262 e. The minimum Gasteiger partial charge on any atom is -0.455 e. The number of rotatable bonds is 5. The Hall–Kier alpha value is -3.90. The van der Waals surface area contributed by atoms with Gasteiger partial charge < -0.3 is 8.98 Å². The quantitative estimate of drug-likeness (QED) is 0.267. The maximum absolute atomic E-state index is 14.1. The zero-order chi connectivity index (χ0) is 23.1. The Labute approximate surface area is 204 Å². The molecule has 0 saturated carbocycles. The number of hydrogen-bond donors (Lipinski definition) is 0. The first kappa shape index (κ1) is 20.7. The average molecular weight is 510 g/mol. The molecule has 0 fully saturated rings. The highest BCUT2D eigenvalue weighted by Crippen LogP contribution is 2.36.